The number of hydrogen-bond acceptors (Lipinski definition) is 12. The van der Waals surface area contributed by atoms with Crippen LogP contribution in [0.2, 0.25) is 0 Å². The molecule has 3 amide bonds. The number of anilines is 1. The van der Waals surface area contributed by atoms with Crippen molar-refractivity contribution in [3.8, 4) is 6.07 Å². The quantitative estimate of drug-likeness (QED) is 0.183. The monoisotopic (exact) mass is 707 g/mol. The average molecular weight is 708 g/mol. The lowest BCUT2D eigenvalue weighted by Gasteiger charge is -2.28. The molecule has 4 rings (SSSR count). The maximum absolute atomic E-state index is 13.6. The van der Waals surface area contributed by atoms with Gasteiger partial charge in [-0.1, -0.05) is 44.2 Å². The third kappa shape index (κ3) is 8.91. The Morgan fingerprint density at radius 1 is 1.12 bits per heavy atom. The summed E-state index contributed by atoms with van der Waals surface area (Å²) < 4.78 is 24.1. The second-order valence-electron chi connectivity index (χ2n) is 13.3. The van der Waals surface area contributed by atoms with Crippen molar-refractivity contribution < 1.29 is 43.2 Å². The first-order valence-corrected chi connectivity index (χ1v) is 16.7. The van der Waals surface area contributed by atoms with E-state index in [-0.39, 0.29) is 23.4 Å². The number of carbonyl (C=O) groups excluding carboxylic acids is 4. The molecule has 3 heterocycles. The predicted molar refractivity (Wildman–Crippen MR) is 182 cm³/mol. The molecule has 3 N–H and O–H groups in total. The molecule has 274 valence electrons. The summed E-state index contributed by atoms with van der Waals surface area (Å²) in [5.74, 6) is -1.92. The Morgan fingerprint density at radius 3 is 2.41 bits per heavy atom. The van der Waals surface area contributed by atoms with Crippen LogP contribution in [-0.2, 0) is 40.6 Å². The molecular formula is C35H45N7O9. The van der Waals surface area contributed by atoms with Crippen LogP contribution in [0.3, 0.4) is 0 Å². The predicted octanol–water partition coefficient (Wildman–Crippen LogP) is 3.33. The van der Waals surface area contributed by atoms with Crippen LogP contribution in [0, 0.1) is 17.2 Å². The van der Waals surface area contributed by atoms with E-state index in [0.29, 0.717) is 18.7 Å². The average Bonchev–Trinajstić information content (AvgIpc) is 3.62. The number of nitrogens with zero attached hydrogens (tertiary/aromatic N) is 5. The summed E-state index contributed by atoms with van der Waals surface area (Å²) in [5, 5.41) is 32.0. The molecule has 3 aromatic rings. The second-order valence-corrected chi connectivity index (χ2v) is 13.3. The number of aromatic nitrogens is 3. The summed E-state index contributed by atoms with van der Waals surface area (Å²) in [6, 6.07) is 12.3. The normalized spacial score (nSPS) is 20.7. The minimum Gasteiger partial charge on any atom is -0.463 e. The van der Waals surface area contributed by atoms with E-state index in [1.165, 1.54) is 16.6 Å². The molecule has 0 unspecified atom stereocenters. The number of urea groups is 1. The number of esters is 2. The highest BCUT2D eigenvalue weighted by Gasteiger charge is 2.60. The third-order valence-electron chi connectivity index (χ3n) is 8.15. The zero-order valence-electron chi connectivity index (χ0n) is 29.8. The van der Waals surface area contributed by atoms with Gasteiger partial charge in [0.25, 0.3) is 0 Å². The van der Waals surface area contributed by atoms with Crippen LogP contribution in [0.15, 0.2) is 48.8 Å². The molecular weight excluding hydrogens is 662 g/mol. The molecule has 1 aliphatic rings. The number of amides is 3. The van der Waals surface area contributed by atoms with Crippen LogP contribution in [0.4, 0.5) is 15.4 Å². The summed E-state index contributed by atoms with van der Waals surface area (Å²) in [6.45, 7) is 12.4. The molecule has 0 saturated carbocycles. The number of nitriles is 1. The number of hydrogen-bond donors (Lipinski definition) is 3. The van der Waals surface area contributed by atoms with E-state index in [2.05, 4.69) is 20.7 Å². The first-order valence-electron chi connectivity index (χ1n) is 16.7. The summed E-state index contributed by atoms with van der Waals surface area (Å²) >= 11 is 0. The van der Waals surface area contributed by atoms with Gasteiger partial charge in [0.05, 0.1) is 12.1 Å². The third-order valence-corrected chi connectivity index (χ3v) is 8.15. The van der Waals surface area contributed by atoms with E-state index in [1.54, 1.807) is 63.8 Å². The van der Waals surface area contributed by atoms with Crippen molar-refractivity contribution in [2.24, 2.45) is 5.92 Å². The molecule has 1 saturated heterocycles. The van der Waals surface area contributed by atoms with Gasteiger partial charge in [-0.2, -0.15) is 10.4 Å². The van der Waals surface area contributed by atoms with Gasteiger partial charge < -0.3 is 34.3 Å². The number of nitrogens with one attached hydrogen (secondary N) is 2. The molecule has 0 bridgehead atoms. The lowest BCUT2D eigenvalue weighted by atomic mass is 9.92. The molecule has 16 heteroatoms. The van der Waals surface area contributed by atoms with Gasteiger partial charge in [0.2, 0.25) is 5.60 Å². The van der Waals surface area contributed by atoms with Crippen LogP contribution >= 0.6 is 0 Å². The van der Waals surface area contributed by atoms with Crippen molar-refractivity contribution >= 4 is 35.4 Å². The van der Waals surface area contributed by atoms with Gasteiger partial charge in [0.1, 0.15) is 48.4 Å². The highest BCUT2D eigenvalue weighted by Crippen LogP contribution is 2.42. The molecule has 0 spiro atoms. The van der Waals surface area contributed by atoms with Crippen molar-refractivity contribution in [2.75, 3.05) is 25.0 Å². The Hall–Kier alpha value is -5.27. The van der Waals surface area contributed by atoms with Crippen molar-refractivity contribution in [2.45, 2.75) is 90.4 Å². The smallest absolute Gasteiger partial charge is 0.408 e. The van der Waals surface area contributed by atoms with Crippen molar-refractivity contribution in [1.82, 2.24) is 24.8 Å². The molecule has 0 aliphatic carbocycles. The minimum absolute atomic E-state index is 0.0275. The van der Waals surface area contributed by atoms with Gasteiger partial charge in [0, 0.05) is 13.1 Å². The lowest BCUT2D eigenvalue weighted by Crippen LogP contribution is -2.50. The highest BCUT2D eigenvalue weighted by molar-refractivity contribution is 5.92. The molecule has 2 aromatic heterocycles. The van der Waals surface area contributed by atoms with E-state index in [4.69, 9.17) is 18.9 Å². The number of aliphatic hydroxyl groups excluding tert-OH is 1. The van der Waals surface area contributed by atoms with E-state index in [0.717, 1.165) is 6.33 Å². The van der Waals surface area contributed by atoms with Gasteiger partial charge in [-0.15, -0.1) is 0 Å². The first-order chi connectivity index (χ1) is 24.1. The van der Waals surface area contributed by atoms with Crippen molar-refractivity contribution in [1.29, 1.82) is 5.26 Å². The number of benzene rings is 1. The fraction of sp³-hybridized carbons (Fsp3) is 0.514. The summed E-state index contributed by atoms with van der Waals surface area (Å²) in [5.41, 5.74) is -2.05. The largest absolute Gasteiger partial charge is 0.463 e. The van der Waals surface area contributed by atoms with E-state index in [9.17, 15) is 29.5 Å². The number of ether oxygens (including phenoxy) is 4. The fourth-order valence-corrected chi connectivity index (χ4v) is 5.57. The van der Waals surface area contributed by atoms with Gasteiger partial charge in [-0.05, 0) is 58.2 Å². The Bertz CT molecular complexity index is 1750. The number of alkyl carbamates (subject to hydrolysis) is 1. The molecule has 1 fully saturated rings. The van der Waals surface area contributed by atoms with E-state index in [1.807, 2.05) is 26.0 Å². The zero-order valence-corrected chi connectivity index (χ0v) is 29.8. The van der Waals surface area contributed by atoms with Crippen molar-refractivity contribution in [3.63, 3.8) is 0 Å². The number of fused-ring (bicyclic) bond motifs is 1. The second kappa shape index (κ2) is 16.2. The van der Waals surface area contributed by atoms with Gasteiger partial charge in [-0.3, -0.25) is 10.1 Å². The first kappa shape index (κ1) is 38.5. The Kier molecular flexibility index (Phi) is 12.2. The number of carbonyl (C=O) groups is 4. The Balaban J connectivity index is 1.67. The van der Waals surface area contributed by atoms with Crippen LogP contribution in [0.25, 0.3) is 5.52 Å². The molecule has 16 nitrogen and oxygen atoms in total. The van der Waals surface area contributed by atoms with Crippen LogP contribution in [-0.4, -0.2) is 98.3 Å². The van der Waals surface area contributed by atoms with E-state index < -0.39 is 72.1 Å². The van der Waals surface area contributed by atoms with Crippen LogP contribution in [0.1, 0.15) is 59.7 Å². The molecule has 1 aliphatic heterocycles. The zero-order chi connectivity index (χ0) is 37.5. The SMILES string of the molecule is CCN(CC)C(=O)Nc1ncnn2c([C@]3(C#N)O[C@H](COC(=O)Cc4ccccc4)[C@@H](OC(=O)[C@@H](NC(=O)OC(C)(C)C)C(C)C)[C@H]3O)ccc12. The number of rotatable bonds is 12. The van der Waals surface area contributed by atoms with Gasteiger partial charge in [0.15, 0.2) is 11.9 Å². The highest BCUT2D eigenvalue weighted by atomic mass is 16.6. The molecule has 1 aromatic carbocycles. The Labute approximate surface area is 296 Å². The standard InChI is InChI=1S/C35H45N7O9/c1-8-41(9-2)32(46)40-30-23-15-16-25(42(23)38-20-37-30)35(19-36)29(44)28(24(50-35)18-48-26(43)17-22-13-11-10-12-14-22)49-31(45)27(21(3)4)39-33(47)51-34(5,6)7/h10-16,20-21,24,27-29,44H,8-9,17-18H2,1-7H3,(H,39,47)(H,37,38,40,46)/t24-,27+,28-,29-,35+/m1/s1. The van der Waals surface area contributed by atoms with E-state index >= 15 is 0 Å². The Morgan fingerprint density at radius 2 is 1.80 bits per heavy atom. The number of aliphatic hydroxyl groups is 1. The molecule has 5 atom stereocenters. The van der Waals surface area contributed by atoms with Gasteiger partial charge in [-0.25, -0.2) is 23.9 Å². The molecule has 0 radical (unpaired) electrons. The molecule has 51 heavy (non-hydrogen) atoms. The maximum Gasteiger partial charge on any atom is 0.408 e. The minimum atomic E-state index is -2.21. The van der Waals surface area contributed by atoms with Crippen LogP contribution in [0.5, 0.6) is 0 Å². The maximum atomic E-state index is 13.6. The lowest BCUT2D eigenvalue weighted by molar-refractivity contribution is -0.163. The summed E-state index contributed by atoms with van der Waals surface area (Å²) in [4.78, 5) is 57.6. The summed E-state index contributed by atoms with van der Waals surface area (Å²) in [6.07, 6.45) is -4.51. The topological polar surface area (TPSA) is 207 Å². The fourth-order valence-electron chi connectivity index (χ4n) is 5.57. The van der Waals surface area contributed by atoms with Crippen molar-refractivity contribution in [3.05, 3.63) is 60.0 Å². The summed E-state index contributed by atoms with van der Waals surface area (Å²) in [7, 11) is 0. The van der Waals surface area contributed by atoms with Gasteiger partial charge >= 0.3 is 24.1 Å². The van der Waals surface area contributed by atoms with Crippen LogP contribution < -0.4 is 10.6 Å².